The van der Waals surface area contributed by atoms with Crippen molar-refractivity contribution in [1.82, 2.24) is 4.90 Å². The first-order chi connectivity index (χ1) is 13.5. The highest BCUT2D eigenvalue weighted by Crippen LogP contribution is 2.61. The molecule has 4 bridgehead atoms. The van der Waals surface area contributed by atoms with E-state index in [-0.39, 0.29) is 23.9 Å². The maximum absolute atomic E-state index is 12.5. The van der Waals surface area contributed by atoms with E-state index >= 15 is 0 Å². The molecule has 0 radical (unpaired) electrons. The van der Waals surface area contributed by atoms with Crippen molar-refractivity contribution in [2.24, 2.45) is 23.2 Å². The largest absolute Gasteiger partial charge is 0.496 e. The number of ether oxygens (including phenoxy) is 2. The predicted octanol–water partition coefficient (Wildman–Crippen LogP) is 3.80. The normalized spacial score (nSPS) is 30.1. The van der Waals surface area contributed by atoms with Crippen LogP contribution in [0.15, 0.2) is 24.3 Å². The maximum Gasteiger partial charge on any atom is 0.306 e. The van der Waals surface area contributed by atoms with Gasteiger partial charge in [-0.25, -0.2) is 0 Å². The van der Waals surface area contributed by atoms with E-state index in [9.17, 15) is 9.59 Å². The van der Waals surface area contributed by atoms with Crippen LogP contribution in [0.4, 0.5) is 0 Å². The molecule has 4 fully saturated rings. The van der Waals surface area contributed by atoms with Crippen LogP contribution in [0.5, 0.6) is 5.75 Å². The topological polar surface area (TPSA) is 55.8 Å². The average molecular weight is 386 g/mol. The Labute approximate surface area is 167 Å². The van der Waals surface area contributed by atoms with Gasteiger partial charge in [0, 0.05) is 19.2 Å². The van der Waals surface area contributed by atoms with Crippen LogP contribution in [0.1, 0.15) is 50.5 Å². The first-order valence-corrected chi connectivity index (χ1v) is 10.5. The molecule has 0 aromatic heterocycles. The van der Waals surface area contributed by atoms with Gasteiger partial charge in [0.25, 0.3) is 5.91 Å². The van der Waals surface area contributed by atoms with Crippen LogP contribution in [0.25, 0.3) is 0 Å². The monoisotopic (exact) mass is 385 g/mol. The second-order valence-corrected chi connectivity index (χ2v) is 9.32. The van der Waals surface area contributed by atoms with Crippen molar-refractivity contribution >= 4 is 11.9 Å². The Morgan fingerprint density at radius 3 is 2.29 bits per heavy atom. The number of hydrogen-bond donors (Lipinski definition) is 0. The van der Waals surface area contributed by atoms with Gasteiger partial charge >= 0.3 is 5.97 Å². The Morgan fingerprint density at radius 1 is 1.07 bits per heavy atom. The number of carbonyl (C=O) groups is 2. The SMILES string of the molecule is COc1ccccc1CN(C)C(=O)COC(=O)CC12CC3CC(CC(C3)C1)C2. The summed E-state index contributed by atoms with van der Waals surface area (Å²) >= 11 is 0. The van der Waals surface area contributed by atoms with Crippen LogP contribution >= 0.6 is 0 Å². The highest BCUT2D eigenvalue weighted by molar-refractivity contribution is 5.80. The van der Waals surface area contributed by atoms with E-state index in [1.165, 1.54) is 38.5 Å². The summed E-state index contributed by atoms with van der Waals surface area (Å²) in [6.07, 6.45) is 8.10. The second kappa shape index (κ2) is 7.76. The number of rotatable bonds is 7. The number of hydrogen-bond acceptors (Lipinski definition) is 4. The van der Waals surface area contributed by atoms with Gasteiger partial charge in [0.2, 0.25) is 0 Å². The molecule has 1 aromatic rings. The van der Waals surface area contributed by atoms with Crippen molar-refractivity contribution in [3.63, 3.8) is 0 Å². The van der Waals surface area contributed by atoms with Crippen LogP contribution in [0, 0.1) is 23.2 Å². The Balaban J connectivity index is 1.27. The molecule has 0 atom stereocenters. The summed E-state index contributed by atoms with van der Waals surface area (Å²) in [7, 11) is 3.34. The molecular weight excluding hydrogens is 354 g/mol. The van der Waals surface area contributed by atoms with Gasteiger partial charge in [0.15, 0.2) is 6.61 Å². The number of amides is 1. The summed E-state index contributed by atoms with van der Waals surface area (Å²) in [5, 5.41) is 0. The summed E-state index contributed by atoms with van der Waals surface area (Å²) < 4.78 is 10.7. The van der Waals surface area contributed by atoms with Crippen LogP contribution in [-0.4, -0.2) is 37.5 Å². The molecule has 0 spiro atoms. The van der Waals surface area contributed by atoms with E-state index in [0.717, 1.165) is 29.1 Å². The minimum Gasteiger partial charge on any atom is -0.496 e. The van der Waals surface area contributed by atoms with Gasteiger partial charge < -0.3 is 14.4 Å². The summed E-state index contributed by atoms with van der Waals surface area (Å²) in [5.41, 5.74) is 1.08. The molecule has 5 rings (SSSR count). The molecule has 1 aromatic carbocycles. The molecule has 1 amide bonds. The zero-order valence-corrected chi connectivity index (χ0v) is 17.0. The van der Waals surface area contributed by atoms with Crippen molar-refractivity contribution < 1.29 is 19.1 Å². The smallest absolute Gasteiger partial charge is 0.306 e. The number of likely N-dealkylation sites (N-methyl/N-ethyl adjacent to an activating group) is 1. The van der Waals surface area contributed by atoms with Gasteiger partial charge in [-0.1, -0.05) is 18.2 Å². The molecule has 4 saturated carbocycles. The molecule has 5 heteroatoms. The first-order valence-electron chi connectivity index (χ1n) is 10.5. The number of carbonyl (C=O) groups excluding carboxylic acids is 2. The van der Waals surface area contributed by atoms with Gasteiger partial charge in [0.05, 0.1) is 13.5 Å². The summed E-state index contributed by atoms with van der Waals surface area (Å²) in [6.45, 7) is 0.242. The van der Waals surface area contributed by atoms with Crippen LogP contribution in [-0.2, 0) is 20.9 Å². The molecule has 152 valence electrons. The minimum absolute atomic E-state index is 0.151. The molecule has 4 aliphatic rings. The molecule has 5 nitrogen and oxygen atoms in total. The maximum atomic E-state index is 12.5. The van der Waals surface area contributed by atoms with Crippen molar-refractivity contribution in [2.45, 2.75) is 51.5 Å². The fourth-order valence-corrected chi connectivity index (χ4v) is 6.29. The van der Waals surface area contributed by atoms with E-state index in [1.54, 1.807) is 19.1 Å². The van der Waals surface area contributed by atoms with Crippen molar-refractivity contribution in [2.75, 3.05) is 20.8 Å². The quantitative estimate of drug-likeness (QED) is 0.670. The van der Waals surface area contributed by atoms with E-state index in [4.69, 9.17) is 9.47 Å². The van der Waals surface area contributed by atoms with Crippen molar-refractivity contribution in [3.8, 4) is 5.75 Å². The standard InChI is InChI=1S/C23H31NO4/c1-24(14-19-5-3-4-6-20(19)27-2)21(25)15-28-22(26)13-23-10-16-7-17(11-23)9-18(8-16)12-23/h3-6,16-18H,7-15H2,1-2H3. The fraction of sp³-hybridized carbons (Fsp3) is 0.652. The van der Waals surface area contributed by atoms with Gasteiger partial charge in [-0.3, -0.25) is 9.59 Å². The van der Waals surface area contributed by atoms with E-state index in [2.05, 4.69) is 0 Å². The summed E-state index contributed by atoms with van der Waals surface area (Å²) in [4.78, 5) is 26.5. The van der Waals surface area contributed by atoms with E-state index in [1.807, 2.05) is 24.3 Å². The Bertz CT molecular complexity index is 709. The highest BCUT2D eigenvalue weighted by Gasteiger charge is 2.51. The van der Waals surface area contributed by atoms with Gasteiger partial charge in [-0.05, 0) is 67.8 Å². The third-order valence-corrected chi connectivity index (χ3v) is 7.07. The molecule has 0 N–H and O–H groups in total. The second-order valence-electron chi connectivity index (χ2n) is 9.32. The van der Waals surface area contributed by atoms with E-state index < -0.39 is 0 Å². The fourth-order valence-electron chi connectivity index (χ4n) is 6.29. The van der Waals surface area contributed by atoms with Crippen LogP contribution in [0.3, 0.4) is 0 Å². The lowest BCUT2D eigenvalue weighted by atomic mass is 9.49. The number of esters is 1. The molecule has 0 saturated heterocycles. The zero-order valence-electron chi connectivity index (χ0n) is 17.0. The lowest BCUT2D eigenvalue weighted by molar-refractivity contribution is -0.157. The molecule has 0 aliphatic heterocycles. The lowest BCUT2D eigenvalue weighted by Gasteiger charge is -2.56. The zero-order chi connectivity index (χ0) is 19.7. The molecular formula is C23H31NO4. The lowest BCUT2D eigenvalue weighted by Crippen LogP contribution is -2.47. The Kier molecular flexibility index (Phi) is 5.35. The summed E-state index contributed by atoms with van der Waals surface area (Å²) in [5.74, 6) is 2.79. The third-order valence-electron chi connectivity index (χ3n) is 7.07. The molecule has 28 heavy (non-hydrogen) atoms. The van der Waals surface area contributed by atoms with Crippen LogP contribution in [0.2, 0.25) is 0 Å². The highest BCUT2D eigenvalue weighted by atomic mass is 16.5. The number of nitrogens with zero attached hydrogens (tertiary/aromatic N) is 1. The van der Waals surface area contributed by atoms with E-state index in [0.29, 0.717) is 13.0 Å². The van der Waals surface area contributed by atoms with Crippen LogP contribution < -0.4 is 4.74 Å². The van der Waals surface area contributed by atoms with Gasteiger partial charge in [-0.15, -0.1) is 0 Å². The van der Waals surface area contributed by atoms with Gasteiger partial charge in [0.1, 0.15) is 5.75 Å². The minimum atomic E-state index is -0.207. The molecule has 0 unspecified atom stereocenters. The summed E-state index contributed by atoms with van der Waals surface area (Å²) in [6, 6.07) is 7.62. The number of benzene rings is 1. The predicted molar refractivity (Wildman–Crippen MR) is 106 cm³/mol. The molecule has 0 heterocycles. The first kappa shape index (κ1) is 19.3. The Morgan fingerprint density at radius 2 is 1.68 bits per heavy atom. The van der Waals surface area contributed by atoms with Gasteiger partial charge in [-0.2, -0.15) is 0 Å². The van der Waals surface area contributed by atoms with Crippen molar-refractivity contribution in [3.05, 3.63) is 29.8 Å². The number of para-hydroxylation sites is 1. The number of methoxy groups -OCH3 is 1. The average Bonchev–Trinajstić information content (AvgIpc) is 2.65. The Hall–Kier alpha value is -2.04. The third kappa shape index (κ3) is 4.03. The van der Waals surface area contributed by atoms with Crippen molar-refractivity contribution in [1.29, 1.82) is 0 Å². The molecule has 4 aliphatic carbocycles.